The highest BCUT2D eigenvalue weighted by molar-refractivity contribution is 6.39. The van der Waals surface area contributed by atoms with Crippen LogP contribution < -0.4 is 5.32 Å². The van der Waals surface area contributed by atoms with Crippen LogP contribution in [0.1, 0.15) is 38.7 Å². The Morgan fingerprint density at radius 1 is 1.16 bits per heavy atom. The highest BCUT2D eigenvalue weighted by Crippen LogP contribution is 2.33. The van der Waals surface area contributed by atoms with Crippen molar-refractivity contribution in [3.05, 3.63) is 32.8 Å². The fourth-order valence-electron chi connectivity index (χ4n) is 2.07. The summed E-state index contributed by atoms with van der Waals surface area (Å²) in [5.41, 5.74) is 1.25. The number of benzene rings is 1. The zero-order chi connectivity index (χ0) is 14.0. The van der Waals surface area contributed by atoms with E-state index in [1.807, 2.05) is 0 Å². The van der Waals surface area contributed by atoms with Crippen molar-refractivity contribution in [2.24, 2.45) is 5.41 Å². The summed E-state index contributed by atoms with van der Waals surface area (Å²) < 4.78 is 0. The van der Waals surface area contributed by atoms with Gasteiger partial charge in [0.1, 0.15) is 0 Å². The van der Waals surface area contributed by atoms with Crippen LogP contribution in [0.3, 0.4) is 0 Å². The van der Waals surface area contributed by atoms with Gasteiger partial charge < -0.3 is 5.32 Å². The van der Waals surface area contributed by atoms with Crippen molar-refractivity contribution < 1.29 is 0 Å². The zero-order valence-corrected chi connectivity index (χ0v) is 13.7. The highest BCUT2D eigenvalue weighted by Gasteiger charge is 2.25. The van der Waals surface area contributed by atoms with Crippen LogP contribution in [0.15, 0.2) is 12.1 Å². The second-order valence-electron chi connectivity index (χ2n) is 6.17. The van der Waals surface area contributed by atoms with Gasteiger partial charge >= 0.3 is 0 Å². The van der Waals surface area contributed by atoms with E-state index in [9.17, 15) is 0 Å². The summed E-state index contributed by atoms with van der Waals surface area (Å²) in [6.07, 6.45) is 4.58. The van der Waals surface area contributed by atoms with Crippen molar-refractivity contribution in [3.8, 4) is 0 Å². The first-order chi connectivity index (χ1) is 8.87. The molecule has 0 amide bonds. The van der Waals surface area contributed by atoms with E-state index >= 15 is 0 Å². The Labute approximate surface area is 130 Å². The Morgan fingerprint density at radius 2 is 1.74 bits per heavy atom. The van der Waals surface area contributed by atoms with Gasteiger partial charge in [0.25, 0.3) is 0 Å². The van der Waals surface area contributed by atoms with Crippen LogP contribution in [0.4, 0.5) is 0 Å². The second kappa shape index (κ2) is 6.22. The smallest absolute Gasteiger partial charge is 0.0467 e. The van der Waals surface area contributed by atoms with Crippen LogP contribution in [0.2, 0.25) is 15.1 Å². The molecule has 0 aromatic heterocycles. The minimum Gasteiger partial charge on any atom is -0.313 e. The van der Waals surface area contributed by atoms with Crippen molar-refractivity contribution in [1.29, 1.82) is 0 Å². The number of rotatable bonds is 6. The normalized spacial score (nSPS) is 15.8. The van der Waals surface area contributed by atoms with E-state index < -0.39 is 0 Å². The monoisotopic (exact) mass is 319 g/mol. The lowest BCUT2D eigenvalue weighted by Crippen LogP contribution is -2.31. The van der Waals surface area contributed by atoms with Crippen LogP contribution in [-0.2, 0) is 6.42 Å². The zero-order valence-electron chi connectivity index (χ0n) is 11.4. The SMILES string of the molecule is CC(C)(CCc1c(Cl)cc(Cl)cc1Cl)CNC1CC1. The molecule has 1 aliphatic rings. The second-order valence-corrected chi connectivity index (χ2v) is 7.42. The van der Waals surface area contributed by atoms with E-state index in [4.69, 9.17) is 34.8 Å². The maximum atomic E-state index is 6.22. The van der Waals surface area contributed by atoms with Crippen molar-refractivity contribution in [2.75, 3.05) is 6.54 Å². The van der Waals surface area contributed by atoms with Crippen LogP contribution in [0.25, 0.3) is 0 Å². The molecule has 0 aliphatic heterocycles. The predicted molar refractivity (Wildman–Crippen MR) is 84.6 cm³/mol. The molecule has 0 bridgehead atoms. The third-order valence-corrected chi connectivity index (χ3v) is 4.50. The summed E-state index contributed by atoms with van der Waals surface area (Å²) >= 11 is 18.4. The summed E-state index contributed by atoms with van der Waals surface area (Å²) in [5, 5.41) is 5.52. The largest absolute Gasteiger partial charge is 0.313 e. The van der Waals surface area contributed by atoms with Crippen molar-refractivity contribution in [2.45, 2.75) is 45.6 Å². The molecule has 1 aromatic carbocycles. The van der Waals surface area contributed by atoms with Crippen LogP contribution in [0, 0.1) is 5.41 Å². The fraction of sp³-hybridized carbons (Fsp3) is 0.600. The van der Waals surface area contributed by atoms with Crippen molar-refractivity contribution >= 4 is 34.8 Å². The summed E-state index contributed by atoms with van der Waals surface area (Å²) in [6.45, 7) is 5.60. The van der Waals surface area contributed by atoms with Gasteiger partial charge in [-0.3, -0.25) is 0 Å². The molecular weight excluding hydrogens is 301 g/mol. The van der Waals surface area contributed by atoms with Crippen LogP contribution in [-0.4, -0.2) is 12.6 Å². The number of hydrogen-bond acceptors (Lipinski definition) is 1. The van der Waals surface area contributed by atoms with Gasteiger partial charge in [-0.05, 0) is 48.8 Å². The van der Waals surface area contributed by atoms with Gasteiger partial charge in [-0.2, -0.15) is 0 Å². The third-order valence-electron chi connectivity index (χ3n) is 3.60. The maximum Gasteiger partial charge on any atom is 0.0467 e. The molecule has 1 saturated carbocycles. The number of halogens is 3. The van der Waals surface area contributed by atoms with E-state index in [0.717, 1.165) is 31.0 Å². The molecular formula is C15H20Cl3N. The molecule has 0 heterocycles. The minimum absolute atomic E-state index is 0.245. The molecule has 4 heteroatoms. The van der Waals surface area contributed by atoms with Gasteiger partial charge in [0.2, 0.25) is 0 Å². The minimum atomic E-state index is 0.245. The molecule has 0 spiro atoms. The van der Waals surface area contributed by atoms with Crippen LogP contribution >= 0.6 is 34.8 Å². The molecule has 0 radical (unpaired) electrons. The van der Waals surface area contributed by atoms with Crippen molar-refractivity contribution in [1.82, 2.24) is 5.32 Å². The van der Waals surface area contributed by atoms with Gasteiger partial charge in [-0.15, -0.1) is 0 Å². The molecule has 0 unspecified atom stereocenters. The maximum absolute atomic E-state index is 6.22. The van der Waals surface area contributed by atoms with E-state index in [-0.39, 0.29) is 5.41 Å². The Balaban J connectivity index is 1.93. The summed E-state index contributed by atoms with van der Waals surface area (Å²) in [6, 6.07) is 4.28. The van der Waals surface area contributed by atoms with Gasteiger partial charge in [-0.25, -0.2) is 0 Å². The molecule has 2 rings (SSSR count). The average molecular weight is 321 g/mol. The Morgan fingerprint density at radius 3 is 2.26 bits per heavy atom. The molecule has 19 heavy (non-hydrogen) atoms. The van der Waals surface area contributed by atoms with Crippen molar-refractivity contribution in [3.63, 3.8) is 0 Å². The fourth-order valence-corrected chi connectivity index (χ4v) is 3.08. The van der Waals surface area contributed by atoms with Gasteiger partial charge in [-0.1, -0.05) is 48.7 Å². The Kier molecular flexibility index (Phi) is 5.05. The highest BCUT2D eigenvalue weighted by atomic mass is 35.5. The third kappa shape index (κ3) is 4.82. The lowest BCUT2D eigenvalue weighted by Gasteiger charge is -2.25. The standard InChI is InChI=1S/C15H20Cl3N/c1-15(2,9-19-11-3-4-11)6-5-12-13(17)7-10(16)8-14(12)18/h7-8,11,19H,3-6,9H2,1-2H3. The number of nitrogens with one attached hydrogen (secondary N) is 1. The van der Waals surface area contributed by atoms with E-state index in [1.54, 1.807) is 12.1 Å². The first-order valence-corrected chi connectivity index (χ1v) is 7.87. The molecule has 0 atom stereocenters. The molecule has 0 saturated heterocycles. The molecule has 1 fully saturated rings. The topological polar surface area (TPSA) is 12.0 Å². The van der Waals surface area contributed by atoms with E-state index in [1.165, 1.54) is 12.8 Å². The Hall–Kier alpha value is 0.0500. The molecule has 1 aliphatic carbocycles. The van der Waals surface area contributed by atoms with Gasteiger partial charge in [0.15, 0.2) is 0 Å². The average Bonchev–Trinajstić information content (AvgIpc) is 3.08. The number of hydrogen-bond donors (Lipinski definition) is 1. The molecule has 1 nitrogen and oxygen atoms in total. The molecule has 106 valence electrons. The molecule has 1 aromatic rings. The quantitative estimate of drug-likeness (QED) is 0.744. The van der Waals surface area contributed by atoms with E-state index in [2.05, 4.69) is 19.2 Å². The first kappa shape index (κ1) is 15.4. The Bertz CT molecular complexity index is 430. The molecule has 1 N–H and O–H groups in total. The van der Waals surface area contributed by atoms with Gasteiger partial charge in [0, 0.05) is 27.7 Å². The lowest BCUT2D eigenvalue weighted by atomic mass is 9.86. The summed E-state index contributed by atoms with van der Waals surface area (Å²) in [4.78, 5) is 0. The van der Waals surface area contributed by atoms with Gasteiger partial charge in [0.05, 0.1) is 0 Å². The lowest BCUT2D eigenvalue weighted by molar-refractivity contribution is 0.313. The summed E-state index contributed by atoms with van der Waals surface area (Å²) in [7, 11) is 0. The van der Waals surface area contributed by atoms with Crippen LogP contribution in [0.5, 0.6) is 0 Å². The predicted octanol–water partition coefficient (Wildman–Crippen LogP) is 5.36. The summed E-state index contributed by atoms with van der Waals surface area (Å²) in [5.74, 6) is 0. The first-order valence-electron chi connectivity index (χ1n) is 6.74. The van der Waals surface area contributed by atoms with E-state index in [0.29, 0.717) is 15.1 Å².